The van der Waals surface area contributed by atoms with Crippen LogP contribution in [-0.2, 0) is 24.1 Å². The van der Waals surface area contributed by atoms with E-state index in [1.165, 1.54) is 5.69 Å². The molecule has 0 spiro atoms. The Morgan fingerprint density at radius 2 is 2.12 bits per heavy atom. The van der Waals surface area contributed by atoms with Crippen molar-refractivity contribution in [1.82, 2.24) is 15.0 Å². The summed E-state index contributed by atoms with van der Waals surface area (Å²) in [5, 5.41) is 8.43. The van der Waals surface area contributed by atoms with Crippen molar-refractivity contribution in [2.45, 2.75) is 39.7 Å². The van der Waals surface area contributed by atoms with Crippen LogP contribution >= 0.6 is 0 Å². The summed E-state index contributed by atoms with van der Waals surface area (Å²) in [6.07, 6.45) is 2.77. The molecule has 0 atom stereocenters. The minimum atomic E-state index is 0.614. The zero-order chi connectivity index (χ0) is 12.7. The van der Waals surface area contributed by atoms with Gasteiger partial charge in [0.2, 0.25) is 0 Å². The van der Waals surface area contributed by atoms with Gasteiger partial charge >= 0.3 is 0 Å². The maximum atomic E-state index is 5.58. The summed E-state index contributed by atoms with van der Waals surface area (Å²) in [6.45, 7) is 6.67. The highest BCUT2D eigenvalue weighted by molar-refractivity contribution is 5.11. The van der Waals surface area contributed by atoms with Gasteiger partial charge in [-0.2, -0.15) is 0 Å². The van der Waals surface area contributed by atoms with Gasteiger partial charge in [0.25, 0.3) is 0 Å². The molecule has 0 aliphatic heterocycles. The molecular formula is C12H24N4O. The molecule has 0 aromatic carbocycles. The zero-order valence-electron chi connectivity index (χ0n) is 11.1. The number of rotatable bonds is 8. The van der Waals surface area contributed by atoms with Gasteiger partial charge in [-0.3, -0.25) is 0 Å². The Hall–Kier alpha value is -0.940. The zero-order valence-corrected chi connectivity index (χ0v) is 11.1. The quantitative estimate of drug-likeness (QED) is 0.736. The summed E-state index contributed by atoms with van der Waals surface area (Å²) in [5.74, 6) is 0.674. The Morgan fingerprint density at radius 3 is 2.71 bits per heavy atom. The SMILES string of the molecule is COCCc1c(CCN)nnn1CCC(C)C. The second kappa shape index (κ2) is 7.40. The molecule has 0 radical (unpaired) electrons. The first-order valence-electron chi connectivity index (χ1n) is 6.29. The fourth-order valence-electron chi connectivity index (χ4n) is 1.73. The summed E-state index contributed by atoms with van der Waals surface area (Å²) in [6, 6.07) is 0. The van der Waals surface area contributed by atoms with Crippen molar-refractivity contribution < 1.29 is 4.74 Å². The predicted molar refractivity (Wildman–Crippen MR) is 67.8 cm³/mol. The third-order valence-electron chi connectivity index (χ3n) is 2.76. The highest BCUT2D eigenvalue weighted by Gasteiger charge is 2.12. The molecule has 1 heterocycles. The third kappa shape index (κ3) is 4.44. The van der Waals surface area contributed by atoms with Crippen LogP contribution in [0.2, 0.25) is 0 Å². The molecule has 0 bridgehead atoms. The largest absolute Gasteiger partial charge is 0.384 e. The van der Waals surface area contributed by atoms with E-state index in [-0.39, 0.29) is 0 Å². The molecule has 98 valence electrons. The van der Waals surface area contributed by atoms with Gasteiger partial charge in [0, 0.05) is 26.5 Å². The van der Waals surface area contributed by atoms with E-state index in [9.17, 15) is 0 Å². The Bertz CT molecular complexity index is 322. The maximum absolute atomic E-state index is 5.58. The molecule has 2 N–H and O–H groups in total. The van der Waals surface area contributed by atoms with Crippen molar-refractivity contribution in [1.29, 1.82) is 0 Å². The second-order valence-corrected chi connectivity index (χ2v) is 4.67. The van der Waals surface area contributed by atoms with Crippen LogP contribution in [0.3, 0.4) is 0 Å². The minimum Gasteiger partial charge on any atom is -0.384 e. The summed E-state index contributed by atoms with van der Waals surface area (Å²) >= 11 is 0. The van der Waals surface area contributed by atoms with Crippen molar-refractivity contribution in [3.05, 3.63) is 11.4 Å². The number of aromatic nitrogens is 3. The van der Waals surface area contributed by atoms with Gasteiger partial charge in [-0.05, 0) is 18.9 Å². The van der Waals surface area contributed by atoms with Crippen LogP contribution < -0.4 is 5.73 Å². The number of nitrogens with two attached hydrogens (primary N) is 1. The number of hydrogen-bond donors (Lipinski definition) is 1. The molecule has 0 aliphatic carbocycles. The number of nitrogens with zero attached hydrogens (tertiary/aromatic N) is 3. The maximum Gasteiger partial charge on any atom is 0.0872 e. The molecule has 1 rings (SSSR count). The van der Waals surface area contributed by atoms with Crippen molar-refractivity contribution in [2.75, 3.05) is 20.3 Å². The Kier molecular flexibility index (Phi) is 6.15. The highest BCUT2D eigenvalue weighted by atomic mass is 16.5. The first-order chi connectivity index (χ1) is 8.19. The lowest BCUT2D eigenvalue weighted by molar-refractivity contribution is 0.199. The lowest BCUT2D eigenvalue weighted by Crippen LogP contribution is -2.12. The van der Waals surface area contributed by atoms with E-state index in [0.29, 0.717) is 19.1 Å². The molecule has 0 aliphatic rings. The van der Waals surface area contributed by atoms with Crippen LogP contribution in [0.4, 0.5) is 0 Å². The van der Waals surface area contributed by atoms with Crippen molar-refractivity contribution in [3.63, 3.8) is 0 Å². The van der Waals surface area contributed by atoms with Gasteiger partial charge in [0.15, 0.2) is 0 Å². The van der Waals surface area contributed by atoms with Crippen molar-refractivity contribution in [2.24, 2.45) is 11.7 Å². The number of ether oxygens (including phenoxy) is 1. The van der Waals surface area contributed by atoms with E-state index in [1.54, 1.807) is 7.11 Å². The third-order valence-corrected chi connectivity index (χ3v) is 2.76. The van der Waals surface area contributed by atoms with Crippen LogP contribution in [-0.4, -0.2) is 35.3 Å². The fourth-order valence-corrected chi connectivity index (χ4v) is 1.73. The first kappa shape index (κ1) is 14.1. The smallest absolute Gasteiger partial charge is 0.0872 e. The number of methoxy groups -OCH3 is 1. The highest BCUT2D eigenvalue weighted by Crippen LogP contribution is 2.10. The fraction of sp³-hybridized carbons (Fsp3) is 0.833. The van der Waals surface area contributed by atoms with Crippen LogP contribution in [0.15, 0.2) is 0 Å². The molecular weight excluding hydrogens is 216 g/mol. The topological polar surface area (TPSA) is 66.0 Å². The van der Waals surface area contributed by atoms with Crippen LogP contribution in [0.5, 0.6) is 0 Å². The van der Waals surface area contributed by atoms with E-state index in [4.69, 9.17) is 10.5 Å². The van der Waals surface area contributed by atoms with Crippen molar-refractivity contribution in [3.8, 4) is 0 Å². The molecule has 1 aromatic heterocycles. The molecule has 5 nitrogen and oxygen atoms in total. The second-order valence-electron chi connectivity index (χ2n) is 4.67. The molecule has 0 saturated heterocycles. The van der Waals surface area contributed by atoms with Gasteiger partial charge < -0.3 is 10.5 Å². The van der Waals surface area contributed by atoms with Crippen LogP contribution in [0.1, 0.15) is 31.7 Å². The van der Waals surface area contributed by atoms with E-state index in [1.807, 2.05) is 4.68 Å². The summed E-state index contributed by atoms with van der Waals surface area (Å²) in [4.78, 5) is 0. The Balaban J connectivity index is 2.72. The molecule has 1 aromatic rings. The lowest BCUT2D eigenvalue weighted by Gasteiger charge is -2.09. The minimum absolute atomic E-state index is 0.614. The molecule has 0 saturated carbocycles. The summed E-state index contributed by atoms with van der Waals surface area (Å²) in [7, 11) is 1.71. The number of hydrogen-bond acceptors (Lipinski definition) is 4. The summed E-state index contributed by atoms with van der Waals surface area (Å²) in [5.41, 5.74) is 7.78. The first-order valence-corrected chi connectivity index (χ1v) is 6.29. The number of aryl methyl sites for hydroxylation is 1. The molecule has 0 fully saturated rings. The predicted octanol–water partition coefficient (Wildman–Crippen LogP) is 1.01. The average Bonchev–Trinajstić information content (AvgIpc) is 2.67. The van der Waals surface area contributed by atoms with Crippen LogP contribution in [0.25, 0.3) is 0 Å². The van der Waals surface area contributed by atoms with E-state index in [2.05, 4.69) is 24.2 Å². The molecule has 0 unspecified atom stereocenters. The van der Waals surface area contributed by atoms with E-state index in [0.717, 1.165) is 31.5 Å². The summed E-state index contributed by atoms with van der Waals surface area (Å²) < 4.78 is 7.13. The van der Waals surface area contributed by atoms with Crippen LogP contribution in [0, 0.1) is 5.92 Å². The van der Waals surface area contributed by atoms with Gasteiger partial charge in [-0.15, -0.1) is 5.10 Å². The molecule has 5 heteroatoms. The normalized spacial score (nSPS) is 11.4. The monoisotopic (exact) mass is 240 g/mol. The van der Waals surface area contributed by atoms with Gasteiger partial charge in [-0.1, -0.05) is 19.1 Å². The molecule has 0 amide bonds. The van der Waals surface area contributed by atoms with E-state index < -0.39 is 0 Å². The lowest BCUT2D eigenvalue weighted by atomic mass is 10.1. The van der Waals surface area contributed by atoms with E-state index >= 15 is 0 Å². The Morgan fingerprint density at radius 1 is 1.35 bits per heavy atom. The van der Waals surface area contributed by atoms with Gasteiger partial charge in [0.1, 0.15) is 0 Å². The average molecular weight is 240 g/mol. The van der Waals surface area contributed by atoms with Crippen molar-refractivity contribution >= 4 is 0 Å². The van der Waals surface area contributed by atoms with Gasteiger partial charge in [-0.25, -0.2) is 4.68 Å². The van der Waals surface area contributed by atoms with Gasteiger partial charge in [0.05, 0.1) is 18.0 Å². The standard InChI is InChI=1S/C12H24N4O/c1-10(2)5-8-16-12(6-9-17-3)11(4-7-13)14-15-16/h10H,4-9,13H2,1-3H3. The molecule has 17 heavy (non-hydrogen) atoms. The Labute approximate surface area is 103 Å².